The number of methoxy groups -OCH3 is 2. The average molecular weight is 614 g/mol. The summed E-state index contributed by atoms with van der Waals surface area (Å²) in [5.74, 6) is -1.89. The zero-order valence-corrected chi connectivity index (χ0v) is 25.0. The minimum atomic E-state index is -1.59. The summed E-state index contributed by atoms with van der Waals surface area (Å²) in [4.78, 5) is 45.6. The smallest absolute Gasteiger partial charge is 0.327 e. The van der Waals surface area contributed by atoms with Gasteiger partial charge in [0.1, 0.15) is 12.3 Å². The molecule has 11 nitrogen and oxygen atoms in total. The number of halogens is 2. The molecule has 1 unspecified atom stereocenters. The number of carbonyl (C=O) groups excluding carboxylic acids is 3. The number of carbonyl (C=O) groups is 3. The van der Waals surface area contributed by atoms with Crippen molar-refractivity contribution in [3.63, 3.8) is 0 Å². The Balaban J connectivity index is 1.27. The van der Waals surface area contributed by atoms with Gasteiger partial charge in [0.05, 0.1) is 19.8 Å². The van der Waals surface area contributed by atoms with E-state index in [2.05, 4.69) is 5.32 Å². The first-order valence-corrected chi connectivity index (χ1v) is 14.6. The van der Waals surface area contributed by atoms with Crippen LogP contribution in [-0.2, 0) is 16.0 Å². The third-order valence-electron chi connectivity index (χ3n) is 8.45. The van der Waals surface area contributed by atoms with Gasteiger partial charge in [0, 0.05) is 55.8 Å². The molecule has 0 bridgehead atoms. The molecule has 0 saturated carbocycles. The molecule has 5 rings (SSSR count). The summed E-state index contributed by atoms with van der Waals surface area (Å²) in [5.41, 5.74) is 1.47. The van der Waals surface area contributed by atoms with Crippen molar-refractivity contribution in [2.24, 2.45) is 0 Å². The lowest BCUT2D eigenvalue weighted by atomic mass is 10.0. The molecule has 1 saturated heterocycles. The zero-order chi connectivity index (χ0) is 31.5. The maximum absolute atomic E-state index is 14.8. The van der Waals surface area contributed by atoms with Crippen LogP contribution < -0.4 is 10.1 Å². The first-order chi connectivity index (χ1) is 21.1. The van der Waals surface area contributed by atoms with Crippen molar-refractivity contribution in [3.05, 3.63) is 65.4 Å². The van der Waals surface area contributed by atoms with E-state index in [0.29, 0.717) is 38.9 Å². The van der Waals surface area contributed by atoms with Crippen molar-refractivity contribution < 1.29 is 37.7 Å². The molecule has 44 heavy (non-hydrogen) atoms. The van der Waals surface area contributed by atoms with Crippen molar-refractivity contribution in [3.8, 4) is 5.75 Å². The van der Waals surface area contributed by atoms with Crippen LogP contribution in [0.2, 0.25) is 0 Å². The maximum Gasteiger partial charge on any atom is 0.327 e. The van der Waals surface area contributed by atoms with Gasteiger partial charge in [-0.1, -0.05) is 12.1 Å². The van der Waals surface area contributed by atoms with E-state index >= 15 is 0 Å². The quantitative estimate of drug-likeness (QED) is 0.471. The summed E-state index contributed by atoms with van der Waals surface area (Å²) in [6, 6.07) is 7.56. The van der Waals surface area contributed by atoms with Crippen molar-refractivity contribution in [1.82, 2.24) is 19.6 Å². The van der Waals surface area contributed by atoms with Crippen molar-refractivity contribution in [2.45, 2.75) is 44.5 Å². The third-order valence-corrected chi connectivity index (χ3v) is 8.45. The fourth-order valence-corrected chi connectivity index (χ4v) is 6.07. The molecular formula is C31H37F2N5O6. The SMILES string of the molecule is COC[C@@H](C)N1C(=O)N(CC(=O)N2CCC(N3CCc4cc(OC)ccc4NC3=O)CC2)C=C(c2cccc(F)c2F)C1O. The van der Waals surface area contributed by atoms with Crippen molar-refractivity contribution >= 4 is 29.2 Å². The van der Waals surface area contributed by atoms with E-state index in [1.807, 2.05) is 17.0 Å². The highest BCUT2D eigenvalue weighted by atomic mass is 19.2. The van der Waals surface area contributed by atoms with Crippen LogP contribution in [0, 0.1) is 11.6 Å². The van der Waals surface area contributed by atoms with Crippen LogP contribution in [0.4, 0.5) is 24.1 Å². The largest absolute Gasteiger partial charge is 0.497 e. The Hall–Kier alpha value is -4.23. The summed E-state index contributed by atoms with van der Waals surface area (Å²) in [7, 11) is 3.04. The van der Waals surface area contributed by atoms with Gasteiger partial charge in [-0.2, -0.15) is 0 Å². The van der Waals surface area contributed by atoms with Gasteiger partial charge >= 0.3 is 12.1 Å². The number of amides is 5. The monoisotopic (exact) mass is 613 g/mol. The van der Waals surface area contributed by atoms with E-state index in [9.17, 15) is 28.3 Å². The summed E-state index contributed by atoms with van der Waals surface area (Å²) < 4.78 is 39.3. The Labute approximate surface area is 254 Å². The molecule has 1 fully saturated rings. The summed E-state index contributed by atoms with van der Waals surface area (Å²) in [6.45, 7) is 2.62. The highest BCUT2D eigenvalue weighted by molar-refractivity contribution is 5.92. The molecule has 0 radical (unpaired) electrons. The standard InChI is InChI=1S/C31H37F2N5O6/c1-19(18-43-2)38-29(40)24(23-5-4-6-25(32)28(23)33)16-36(31(38)42)17-27(39)35-12-10-21(11-13-35)37-14-9-20-15-22(44-3)7-8-26(20)34-30(37)41/h4-8,15-16,19,21,29,40H,9-14,17-18H2,1-3H3,(H,34,41)/t19-,29?/m1/s1. The average Bonchev–Trinajstić information content (AvgIpc) is 3.17. The number of ether oxygens (including phenoxy) is 2. The molecule has 0 aromatic heterocycles. The van der Waals surface area contributed by atoms with Gasteiger partial charge in [0.2, 0.25) is 5.91 Å². The Kier molecular flexibility index (Phi) is 9.35. The van der Waals surface area contributed by atoms with Crippen LogP contribution in [0.1, 0.15) is 30.9 Å². The van der Waals surface area contributed by atoms with Gasteiger partial charge < -0.3 is 29.7 Å². The molecule has 2 aromatic rings. The highest BCUT2D eigenvalue weighted by Gasteiger charge is 2.40. The van der Waals surface area contributed by atoms with Crippen molar-refractivity contribution in [2.75, 3.05) is 52.3 Å². The molecular weight excluding hydrogens is 576 g/mol. The molecule has 2 atom stereocenters. The number of nitrogens with one attached hydrogen (secondary N) is 1. The molecule has 13 heteroatoms. The third kappa shape index (κ3) is 6.20. The lowest BCUT2D eigenvalue weighted by molar-refractivity contribution is -0.133. The van der Waals surface area contributed by atoms with Gasteiger partial charge in [0.25, 0.3) is 0 Å². The maximum atomic E-state index is 14.8. The lowest BCUT2D eigenvalue weighted by Gasteiger charge is -2.42. The number of hydrogen-bond acceptors (Lipinski definition) is 6. The minimum Gasteiger partial charge on any atom is -0.497 e. The topological polar surface area (TPSA) is 115 Å². The summed E-state index contributed by atoms with van der Waals surface area (Å²) >= 11 is 0. The number of benzene rings is 2. The lowest BCUT2D eigenvalue weighted by Crippen LogP contribution is -2.57. The van der Waals surface area contributed by atoms with Gasteiger partial charge in [-0.05, 0) is 56.0 Å². The van der Waals surface area contributed by atoms with Crippen LogP contribution in [0.5, 0.6) is 5.75 Å². The number of anilines is 1. The van der Waals surface area contributed by atoms with Crippen LogP contribution in [0.25, 0.3) is 5.57 Å². The predicted octanol–water partition coefficient (Wildman–Crippen LogP) is 3.49. The fourth-order valence-electron chi connectivity index (χ4n) is 6.07. The van der Waals surface area contributed by atoms with E-state index in [-0.39, 0.29) is 42.3 Å². The van der Waals surface area contributed by atoms with E-state index in [1.54, 1.807) is 25.0 Å². The molecule has 236 valence electrons. The number of urea groups is 2. The van der Waals surface area contributed by atoms with Gasteiger partial charge in [-0.3, -0.25) is 14.6 Å². The Morgan fingerprint density at radius 2 is 1.86 bits per heavy atom. The molecule has 2 N–H and O–H groups in total. The van der Waals surface area contributed by atoms with Crippen molar-refractivity contribution in [1.29, 1.82) is 0 Å². The predicted molar refractivity (Wildman–Crippen MR) is 158 cm³/mol. The van der Waals surface area contributed by atoms with Crippen LogP contribution in [0.15, 0.2) is 42.6 Å². The van der Waals surface area contributed by atoms with Gasteiger partial charge in [-0.25, -0.2) is 18.4 Å². The molecule has 3 heterocycles. The summed E-state index contributed by atoms with van der Waals surface area (Å²) in [5, 5.41) is 14.1. The number of likely N-dealkylation sites (tertiary alicyclic amines) is 1. The molecule has 0 aliphatic carbocycles. The Morgan fingerprint density at radius 3 is 2.57 bits per heavy atom. The number of aliphatic hydroxyl groups excluding tert-OH is 1. The zero-order valence-electron chi connectivity index (χ0n) is 25.0. The molecule has 2 aromatic carbocycles. The number of nitrogens with zero attached hydrogens (tertiary/aromatic N) is 4. The first-order valence-electron chi connectivity index (χ1n) is 14.6. The summed E-state index contributed by atoms with van der Waals surface area (Å²) in [6.07, 6.45) is 1.39. The second-order valence-electron chi connectivity index (χ2n) is 11.2. The molecule has 3 aliphatic rings. The van der Waals surface area contributed by atoms with E-state index in [0.717, 1.165) is 32.9 Å². The van der Waals surface area contributed by atoms with Gasteiger partial charge in [0.15, 0.2) is 17.9 Å². The van der Waals surface area contributed by atoms with Crippen LogP contribution in [-0.4, -0.2) is 108 Å². The number of aliphatic hydroxyl groups is 1. The van der Waals surface area contributed by atoms with Crippen LogP contribution >= 0.6 is 0 Å². The molecule has 3 aliphatic heterocycles. The van der Waals surface area contributed by atoms with Gasteiger partial charge in [-0.15, -0.1) is 0 Å². The number of hydrogen-bond donors (Lipinski definition) is 2. The number of piperidine rings is 1. The van der Waals surface area contributed by atoms with Crippen LogP contribution in [0.3, 0.4) is 0 Å². The highest BCUT2D eigenvalue weighted by Crippen LogP contribution is 2.32. The minimum absolute atomic E-state index is 0.0538. The molecule has 0 spiro atoms. The van der Waals surface area contributed by atoms with E-state index in [4.69, 9.17) is 9.47 Å². The molecule has 5 amide bonds. The Morgan fingerprint density at radius 1 is 1.11 bits per heavy atom. The second kappa shape index (κ2) is 13.2. The number of fused-ring (bicyclic) bond motifs is 1. The first kappa shape index (κ1) is 31.2. The van der Waals surface area contributed by atoms with E-state index in [1.165, 1.54) is 25.4 Å². The fraction of sp³-hybridized carbons (Fsp3) is 0.452. The normalized spacial score (nSPS) is 20.1. The second-order valence-corrected chi connectivity index (χ2v) is 11.2. The van der Waals surface area contributed by atoms with E-state index < -0.39 is 29.9 Å². The number of rotatable bonds is 8. The Bertz CT molecular complexity index is 1450.